The third-order valence-corrected chi connectivity index (χ3v) is 6.06. The van der Waals surface area contributed by atoms with Gasteiger partial charge in [0.05, 0.1) is 11.6 Å². The van der Waals surface area contributed by atoms with Gasteiger partial charge in [-0.3, -0.25) is 0 Å². The molecule has 0 saturated heterocycles. The molecular formula is C25H25N3. The summed E-state index contributed by atoms with van der Waals surface area (Å²) in [6, 6.07) is 18.4. The zero-order valence-corrected chi connectivity index (χ0v) is 16.3. The normalized spacial score (nSPS) is 19.1. The second-order valence-electron chi connectivity index (χ2n) is 7.73. The molecule has 140 valence electrons. The summed E-state index contributed by atoms with van der Waals surface area (Å²) >= 11 is 0. The first-order valence-corrected chi connectivity index (χ1v) is 10.2. The summed E-state index contributed by atoms with van der Waals surface area (Å²) in [7, 11) is 0. The van der Waals surface area contributed by atoms with Gasteiger partial charge in [-0.2, -0.15) is 5.26 Å². The van der Waals surface area contributed by atoms with Gasteiger partial charge in [-0.15, -0.1) is 0 Å². The molecule has 0 bridgehead atoms. The highest BCUT2D eigenvalue weighted by Crippen LogP contribution is 2.37. The van der Waals surface area contributed by atoms with Gasteiger partial charge in [-0.05, 0) is 72.9 Å². The van der Waals surface area contributed by atoms with Crippen LogP contribution in [0.5, 0.6) is 0 Å². The molecular weight excluding hydrogens is 342 g/mol. The van der Waals surface area contributed by atoms with Gasteiger partial charge in [0.15, 0.2) is 5.82 Å². The van der Waals surface area contributed by atoms with Crippen LogP contribution in [0.3, 0.4) is 0 Å². The van der Waals surface area contributed by atoms with E-state index in [1.807, 2.05) is 24.5 Å². The van der Waals surface area contributed by atoms with Crippen molar-refractivity contribution in [2.75, 3.05) is 0 Å². The molecule has 1 heterocycles. The van der Waals surface area contributed by atoms with Gasteiger partial charge in [0.2, 0.25) is 0 Å². The van der Waals surface area contributed by atoms with Crippen LogP contribution < -0.4 is 0 Å². The molecule has 1 saturated carbocycles. The average Bonchev–Trinajstić information content (AvgIpc) is 2.79. The number of nitrogens with zero attached hydrogens (tertiary/aromatic N) is 3. The molecule has 1 aliphatic rings. The van der Waals surface area contributed by atoms with E-state index in [1.54, 1.807) is 12.1 Å². The lowest BCUT2D eigenvalue weighted by molar-refractivity contribution is 0.319. The minimum absolute atomic E-state index is 0.642. The summed E-state index contributed by atoms with van der Waals surface area (Å²) in [6.07, 6.45) is 10.5. The predicted molar refractivity (Wildman–Crippen MR) is 113 cm³/mol. The summed E-state index contributed by atoms with van der Waals surface area (Å²) < 4.78 is 0. The molecule has 1 aliphatic carbocycles. The van der Waals surface area contributed by atoms with Crippen LogP contribution in [-0.4, -0.2) is 9.97 Å². The van der Waals surface area contributed by atoms with Crippen LogP contribution >= 0.6 is 0 Å². The van der Waals surface area contributed by atoms with Crippen molar-refractivity contribution >= 4 is 0 Å². The van der Waals surface area contributed by atoms with Crippen molar-refractivity contribution in [2.45, 2.75) is 44.9 Å². The van der Waals surface area contributed by atoms with E-state index in [9.17, 15) is 0 Å². The Balaban J connectivity index is 1.46. The molecule has 4 rings (SSSR count). The summed E-state index contributed by atoms with van der Waals surface area (Å²) in [5.41, 5.74) is 5.21. The standard InChI is InChI=1S/C25H25N3/c1-2-18-3-7-20(8-4-18)21-11-13-22(14-12-21)24-16-27-25(28-17-24)23-9-5-19(15-26)6-10-23/h5-6,9-14,16-18,20H,2-4,7-8H2,1H3/t18-,20-. The number of aromatic nitrogens is 2. The van der Waals surface area contributed by atoms with Crippen molar-refractivity contribution < 1.29 is 0 Å². The van der Waals surface area contributed by atoms with Gasteiger partial charge < -0.3 is 0 Å². The maximum Gasteiger partial charge on any atom is 0.159 e. The quantitative estimate of drug-likeness (QED) is 0.538. The zero-order chi connectivity index (χ0) is 19.3. The molecule has 0 radical (unpaired) electrons. The second-order valence-corrected chi connectivity index (χ2v) is 7.73. The predicted octanol–water partition coefficient (Wildman–Crippen LogP) is 6.37. The van der Waals surface area contributed by atoms with Crippen LogP contribution in [0.2, 0.25) is 0 Å². The lowest BCUT2D eigenvalue weighted by Gasteiger charge is -2.28. The molecule has 1 aromatic heterocycles. The first-order chi connectivity index (χ1) is 13.8. The maximum absolute atomic E-state index is 8.91. The monoisotopic (exact) mass is 367 g/mol. The van der Waals surface area contributed by atoms with Crippen LogP contribution in [0.4, 0.5) is 0 Å². The molecule has 0 unspecified atom stereocenters. The minimum atomic E-state index is 0.642. The smallest absolute Gasteiger partial charge is 0.159 e. The van der Waals surface area contributed by atoms with Gasteiger partial charge in [0, 0.05) is 23.5 Å². The molecule has 0 amide bonds. The van der Waals surface area contributed by atoms with E-state index in [1.165, 1.54) is 37.7 Å². The van der Waals surface area contributed by atoms with E-state index in [-0.39, 0.29) is 0 Å². The fourth-order valence-electron chi connectivity index (χ4n) is 4.17. The highest BCUT2D eigenvalue weighted by molar-refractivity contribution is 5.64. The Kier molecular flexibility index (Phi) is 5.48. The zero-order valence-electron chi connectivity index (χ0n) is 16.3. The molecule has 0 atom stereocenters. The van der Waals surface area contributed by atoms with E-state index in [2.05, 4.69) is 47.2 Å². The largest absolute Gasteiger partial charge is 0.236 e. The van der Waals surface area contributed by atoms with E-state index in [0.717, 1.165) is 22.6 Å². The van der Waals surface area contributed by atoms with Gasteiger partial charge in [0.1, 0.15) is 0 Å². The Morgan fingerprint density at radius 2 is 1.43 bits per heavy atom. The Morgan fingerprint density at radius 1 is 0.821 bits per heavy atom. The molecule has 28 heavy (non-hydrogen) atoms. The van der Waals surface area contributed by atoms with Crippen molar-refractivity contribution in [1.29, 1.82) is 5.26 Å². The first kappa shape index (κ1) is 18.4. The Morgan fingerprint density at radius 3 is 2.00 bits per heavy atom. The third kappa shape index (κ3) is 3.97. The topological polar surface area (TPSA) is 49.6 Å². The van der Waals surface area contributed by atoms with Gasteiger partial charge in [-0.1, -0.05) is 37.6 Å². The Bertz CT molecular complexity index is 943. The Hall–Kier alpha value is -2.99. The lowest BCUT2D eigenvalue weighted by Crippen LogP contribution is -2.12. The summed E-state index contributed by atoms with van der Waals surface area (Å²) in [5, 5.41) is 8.91. The number of rotatable bonds is 4. The van der Waals surface area contributed by atoms with Gasteiger partial charge in [0.25, 0.3) is 0 Å². The van der Waals surface area contributed by atoms with E-state index >= 15 is 0 Å². The van der Waals surface area contributed by atoms with Crippen molar-refractivity contribution in [3.63, 3.8) is 0 Å². The molecule has 3 nitrogen and oxygen atoms in total. The van der Waals surface area contributed by atoms with Crippen LogP contribution in [0.1, 0.15) is 56.1 Å². The highest BCUT2D eigenvalue weighted by atomic mass is 14.9. The highest BCUT2D eigenvalue weighted by Gasteiger charge is 2.21. The van der Waals surface area contributed by atoms with Gasteiger partial charge >= 0.3 is 0 Å². The second kappa shape index (κ2) is 8.35. The molecule has 0 aliphatic heterocycles. The fraction of sp³-hybridized carbons (Fsp3) is 0.320. The fourth-order valence-corrected chi connectivity index (χ4v) is 4.17. The van der Waals surface area contributed by atoms with Crippen molar-refractivity contribution in [1.82, 2.24) is 9.97 Å². The summed E-state index contributed by atoms with van der Waals surface area (Å²) in [5.74, 6) is 2.33. The van der Waals surface area contributed by atoms with Crippen LogP contribution in [0.25, 0.3) is 22.5 Å². The molecule has 2 aromatic carbocycles. The van der Waals surface area contributed by atoms with E-state index in [4.69, 9.17) is 5.26 Å². The summed E-state index contributed by atoms with van der Waals surface area (Å²) in [4.78, 5) is 9.03. The van der Waals surface area contributed by atoms with E-state index in [0.29, 0.717) is 17.3 Å². The molecule has 3 aromatic rings. The van der Waals surface area contributed by atoms with Crippen LogP contribution in [0.15, 0.2) is 60.9 Å². The third-order valence-electron chi connectivity index (χ3n) is 6.06. The van der Waals surface area contributed by atoms with E-state index < -0.39 is 0 Å². The molecule has 0 N–H and O–H groups in total. The van der Waals surface area contributed by atoms with Crippen LogP contribution in [-0.2, 0) is 0 Å². The van der Waals surface area contributed by atoms with Crippen LogP contribution in [0, 0.1) is 17.2 Å². The molecule has 0 spiro atoms. The molecule has 1 fully saturated rings. The van der Waals surface area contributed by atoms with Crippen molar-refractivity contribution in [3.8, 4) is 28.6 Å². The number of nitriles is 1. The van der Waals surface area contributed by atoms with Crippen molar-refractivity contribution in [3.05, 3.63) is 72.1 Å². The minimum Gasteiger partial charge on any atom is -0.236 e. The number of hydrogen-bond acceptors (Lipinski definition) is 3. The first-order valence-electron chi connectivity index (χ1n) is 10.2. The average molecular weight is 367 g/mol. The van der Waals surface area contributed by atoms with Gasteiger partial charge in [-0.25, -0.2) is 9.97 Å². The maximum atomic E-state index is 8.91. The Labute approximate surface area is 167 Å². The number of benzene rings is 2. The lowest BCUT2D eigenvalue weighted by atomic mass is 9.78. The SMILES string of the molecule is CC[C@H]1CC[C@H](c2ccc(-c3cnc(-c4ccc(C#N)cc4)nc3)cc2)CC1. The number of hydrogen-bond donors (Lipinski definition) is 0. The van der Waals surface area contributed by atoms with Crippen molar-refractivity contribution in [2.24, 2.45) is 5.92 Å². The molecule has 3 heteroatoms. The summed E-state index contributed by atoms with van der Waals surface area (Å²) in [6.45, 7) is 2.31.